The van der Waals surface area contributed by atoms with E-state index in [1.165, 1.54) is 11.1 Å². The van der Waals surface area contributed by atoms with Gasteiger partial charge in [0.05, 0.1) is 0 Å². The molecule has 2 aromatic carbocycles. The number of carboxylic acid groups (broad SMARTS) is 1. The Hall–Kier alpha value is -3.39. The average molecular weight is 453 g/mol. The maximum Gasteiger partial charge on any atom is 0.407 e. The number of nitrogens with one attached hydrogen (secondary N) is 2. The summed E-state index contributed by atoms with van der Waals surface area (Å²) in [6, 6.07) is 16.3. The lowest BCUT2D eigenvalue weighted by molar-refractivity contribution is -0.162. The molecule has 1 atom stereocenters. The molecule has 1 unspecified atom stereocenters. The van der Waals surface area contributed by atoms with Gasteiger partial charge in [-0.15, -0.1) is 0 Å². The van der Waals surface area contributed by atoms with Crippen molar-refractivity contribution < 1.29 is 29.1 Å². The van der Waals surface area contributed by atoms with Crippen LogP contribution in [0.15, 0.2) is 48.5 Å². The largest absolute Gasteiger partial charge is 0.479 e. The topological polar surface area (TPSA) is 114 Å². The van der Waals surface area contributed by atoms with Gasteiger partial charge in [-0.3, -0.25) is 9.63 Å². The Morgan fingerprint density at radius 2 is 1.61 bits per heavy atom. The molecule has 2 aliphatic carbocycles. The highest BCUT2D eigenvalue weighted by Crippen LogP contribution is 2.44. The number of carboxylic acids is 1. The van der Waals surface area contributed by atoms with Crippen LogP contribution in [0, 0.1) is 5.92 Å². The summed E-state index contributed by atoms with van der Waals surface area (Å²) in [5.41, 5.74) is 6.89. The minimum absolute atomic E-state index is 0.0112. The van der Waals surface area contributed by atoms with Gasteiger partial charge in [-0.1, -0.05) is 48.5 Å². The minimum Gasteiger partial charge on any atom is -0.479 e. The molecule has 2 amide bonds. The van der Waals surface area contributed by atoms with Crippen molar-refractivity contribution in [2.45, 2.75) is 44.1 Å². The molecule has 2 aliphatic rings. The van der Waals surface area contributed by atoms with Crippen LogP contribution in [0.3, 0.4) is 0 Å². The fourth-order valence-corrected chi connectivity index (χ4v) is 4.18. The molecule has 174 valence electrons. The van der Waals surface area contributed by atoms with Gasteiger partial charge in [0.15, 0.2) is 6.10 Å². The van der Waals surface area contributed by atoms with Crippen LogP contribution >= 0.6 is 0 Å². The van der Waals surface area contributed by atoms with Crippen molar-refractivity contribution in [3.63, 3.8) is 0 Å². The van der Waals surface area contributed by atoms with E-state index < -0.39 is 18.2 Å². The van der Waals surface area contributed by atoms with Crippen molar-refractivity contribution in [3.8, 4) is 11.1 Å². The lowest BCUT2D eigenvalue weighted by atomic mass is 9.98. The molecule has 3 N–H and O–H groups in total. The Morgan fingerprint density at radius 3 is 2.21 bits per heavy atom. The molecule has 4 rings (SSSR count). The van der Waals surface area contributed by atoms with Crippen LogP contribution in [0.1, 0.15) is 49.1 Å². The number of aliphatic carboxylic acids is 1. The molecule has 1 fully saturated rings. The second-order valence-electron chi connectivity index (χ2n) is 8.45. The number of carbonyl (C=O) groups is 3. The van der Waals surface area contributed by atoms with E-state index in [0.29, 0.717) is 19.4 Å². The van der Waals surface area contributed by atoms with Gasteiger partial charge in [-0.2, -0.15) is 0 Å². The summed E-state index contributed by atoms with van der Waals surface area (Å²) in [7, 11) is 0. The summed E-state index contributed by atoms with van der Waals surface area (Å²) in [6.07, 6.45) is 1.43. The first-order valence-corrected chi connectivity index (χ1v) is 11.3. The predicted molar refractivity (Wildman–Crippen MR) is 120 cm³/mol. The van der Waals surface area contributed by atoms with Crippen LogP contribution in [0.5, 0.6) is 0 Å². The van der Waals surface area contributed by atoms with Gasteiger partial charge in [0.25, 0.3) is 0 Å². The minimum atomic E-state index is -1.06. The van der Waals surface area contributed by atoms with E-state index in [0.717, 1.165) is 24.0 Å². The SMILES string of the molecule is O=C(CCCCNC(=O)OCC1c2ccccc2-c2ccccc21)NOC(C(=O)O)C1CC1. The molecule has 0 saturated heterocycles. The highest BCUT2D eigenvalue weighted by molar-refractivity contribution is 5.79. The summed E-state index contributed by atoms with van der Waals surface area (Å²) >= 11 is 0. The summed E-state index contributed by atoms with van der Waals surface area (Å²) in [4.78, 5) is 40.1. The second kappa shape index (κ2) is 10.5. The van der Waals surface area contributed by atoms with E-state index in [1.54, 1.807) is 0 Å². The van der Waals surface area contributed by atoms with Crippen molar-refractivity contribution in [1.82, 2.24) is 10.8 Å². The first kappa shape index (κ1) is 22.8. The highest BCUT2D eigenvalue weighted by Gasteiger charge is 2.38. The zero-order valence-electron chi connectivity index (χ0n) is 18.3. The Balaban J connectivity index is 1.13. The Morgan fingerprint density at radius 1 is 0.970 bits per heavy atom. The fourth-order valence-electron chi connectivity index (χ4n) is 4.18. The molecule has 0 bridgehead atoms. The van der Waals surface area contributed by atoms with Crippen LogP contribution in [0.2, 0.25) is 0 Å². The molecule has 0 aliphatic heterocycles. The molecular formula is C25H28N2O6. The third-order valence-corrected chi connectivity index (χ3v) is 6.04. The molecule has 33 heavy (non-hydrogen) atoms. The van der Waals surface area contributed by atoms with E-state index in [4.69, 9.17) is 14.7 Å². The summed E-state index contributed by atoms with van der Waals surface area (Å²) in [5, 5.41) is 11.8. The van der Waals surface area contributed by atoms with E-state index in [-0.39, 0.29) is 30.8 Å². The maximum atomic E-state index is 12.1. The van der Waals surface area contributed by atoms with E-state index in [2.05, 4.69) is 35.1 Å². The number of benzene rings is 2. The average Bonchev–Trinajstić information content (AvgIpc) is 3.59. The van der Waals surface area contributed by atoms with Crippen LogP contribution in [0.4, 0.5) is 4.79 Å². The Kier molecular flexibility index (Phi) is 7.24. The van der Waals surface area contributed by atoms with Gasteiger partial charge in [-0.25, -0.2) is 15.1 Å². The molecule has 2 aromatic rings. The molecule has 0 spiro atoms. The lowest BCUT2D eigenvalue weighted by Crippen LogP contribution is -2.35. The standard InChI is InChI=1S/C25H28N2O6/c28-22(27-33-23(24(29)30)16-12-13-16)11-5-6-14-26-25(31)32-15-21-19-9-3-1-7-17(19)18-8-2-4-10-20(18)21/h1-4,7-10,16,21,23H,5-6,11-15H2,(H,26,31)(H,27,28)(H,29,30). The maximum absolute atomic E-state index is 12.1. The number of rotatable bonds is 11. The fraction of sp³-hybridized carbons (Fsp3) is 0.400. The number of unbranched alkanes of at least 4 members (excludes halogenated alkanes) is 1. The Bertz CT molecular complexity index is 974. The van der Waals surface area contributed by atoms with E-state index in [9.17, 15) is 14.4 Å². The van der Waals surface area contributed by atoms with Crippen LogP contribution in [-0.2, 0) is 19.2 Å². The van der Waals surface area contributed by atoms with Gasteiger partial charge in [-0.05, 0) is 53.9 Å². The summed E-state index contributed by atoms with van der Waals surface area (Å²) in [6.45, 7) is 0.635. The quantitative estimate of drug-likeness (QED) is 0.355. The number of fused-ring (bicyclic) bond motifs is 3. The van der Waals surface area contributed by atoms with Crippen molar-refractivity contribution in [2.75, 3.05) is 13.2 Å². The molecule has 0 aromatic heterocycles. The van der Waals surface area contributed by atoms with Crippen molar-refractivity contribution in [2.24, 2.45) is 5.92 Å². The van der Waals surface area contributed by atoms with Gasteiger partial charge in [0.1, 0.15) is 6.61 Å². The smallest absolute Gasteiger partial charge is 0.407 e. The molecular weight excluding hydrogens is 424 g/mol. The number of hydrogen-bond donors (Lipinski definition) is 3. The number of hydrogen-bond acceptors (Lipinski definition) is 5. The summed E-state index contributed by atoms with van der Waals surface area (Å²) in [5.74, 6) is -1.45. The Labute approximate surface area is 192 Å². The lowest BCUT2D eigenvalue weighted by Gasteiger charge is -2.14. The van der Waals surface area contributed by atoms with E-state index >= 15 is 0 Å². The third-order valence-electron chi connectivity index (χ3n) is 6.04. The molecule has 8 heteroatoms. The monoisotopic (exact) mass is 452 g/mol. The second-order valence-corrected chi connectivity index (χ2v) is 8.45. The normalized spacial score (nSPS) is 15.3. The zero-order chi connectivity index (χ0) is 23.2. The van der Waals surface area contributed by atoms with Gasteiger partial charge in [0, 0.05) is 18.9 Å². The van der Waals surface area contributed by atoms with E-state index in [1.807, 2.05) is 24.3 Å². The molecule has 0 heterocycles. The molecule has 1 saturated carbocycles. The summed E-state index contributed by atoms with van der Waals surface area (Å²) < 4.78 is 5.48. The van der Waals surface area contributed by atoms with Crippen molar-refractivity contribution >= 4 is 18.0 Å². The number of carbonyl (C=O) groups excluding carboxylic acids is 2. The number of amides is 2. The molecule has 0 radical (unpaired) electrons. The van der Waals surface area contributed by atoms with Gasteiger partial charge in [0.2, 0.25) is 5.91 Å². The van der Waals surface area contributed by atoms with Crippen LogP contribution < -0.4 is 10.8 Å². The van der Waals surface area contributed by atoms with Crippen LogP contribution in [-0.4, -0.2) is 42.3 Å². The zero-order valence-corrected chi connectivity index (χ0v) is 18.3. The number of alkyl carbamates (subject to hydrolysis) is 1. The third kappa shape index (κ3) is 5.70. The van der Waals surface area contributed by atoms with Crippen molar-refractivity contribution in [1.29, 1.82) is 0 Å². The first-order chi connectivity index (χ1) is 16.0. The highest BCUT2D eigenvalue weighted by atomic mass is 16.7. The predicted octanol–water partition coefficient (Wildman–Crippen LogP) is 3.61. The first-order valence-electron chi connectivity index (χ1n) is 11.3. The van der Waals surface area contributed by atoms with Gasteiger partial charge >= 0.3 is 12.1 Å². The van der Waals surface area contributed by atoms with Crippen LogP contribution in [0.25, 0.3) is 11.1 Å². The number of ether oxygens (including phenoxy) is 1. The molecule has 8 nitrogen and oxygen atoms in total. The van der Waals surface area contributed by atoms with Crippen molar-refractivity contribution in [3.05, 3.63) is 59.7 Å². The number of hydroxylamine groups is 1. The van der Waals surface area contributed by atoms with Gasteiger partial charge < -0.3 is 15.2 Å².